The van der Waals surface area contributed by atoms with E-state index in [2.05, 4.69) is 15.0 Å². The Morgan fingerprint density at radius 1 is 1.10 bits per heavy atom. The molecule has 3 rings (SSSR count). The Hall–Kier alpha value is -3.36. The second kappa shape index (κ2) is 9.22. The molecular weight excluding hydrogens is 392 g/mol. The molecule has 1 heterocycles. The molecule has 0 saturated carbocycles. The summed E-state index contributed by atoms with van der Waals surface area (Å²) in [6, 6.07) is 9.34. The normalized spacial score (nSPS) is 10.9. The average molecular weight is 408 g/mol. The number of carbonyl (C=O) groups excluding carboxylic acids is 1. The highest BCUT2D eigenvalue weighted by molar-refractivity contribution is 5.76. The van der Waals surface area contributed by atoms with Gasteiger partial charge in [0.15, 0.2) is 11.7 Å². The molecular formula is C20H16F4N2O3. The molecule has 5 nitrogen and oxygen atoms in total. The van der Waals surface area contributed by atoms with E-state index in [1.54, 1.807) is 12.1 Å². The minimum absolute atomic E-state index is 0.0288. The maximum absolute atomic E-state index is 13.8. The van der Waals surface area contributed by atoms with Gasteiger partial charge in [0.25, 0.3) is 0 Å². The molecule has 2 aromatic carbocycles. The van der Waals surface area contributed by atoms with E-state index >= 15 is 0 Å². The minimum atomic E-state index is -2.90. The lowest BCUT2D eigenvalue weighted by atomic mass is 10.1. The van der Waals surface area contributed by atoms with Crippen molar-refractivity contribution in [1.29, 1.82) is 0 Å². The summed E-state index contributed by atoms with van der Waals surface area (Å²) in [6.45, 7) is -2.70. The van der Waals surface area contributed by atoms with Crippen LogP contribution >= 0.6 is 0 Å². The zero-order chi connectivity index (χ0) is 20.8. The number of alkyl halides is 2. The fourth-order valence-electron chi connectivity index (χ4n) is 2.57. The third-order valence-corrected chi connectivity index (χ3v) is 3.97. The summed E-state index contributed by atoms with van der Waals surface area (Å²) < 4.78 is 61.3. The van der Waals surface area contributed by atoms with Crippen LogP contribution in [-0.4, -0.2) is 17.5 Å². The van der Waals surface area contributed by atoms with Gasteiger partial charge in [0.05, 0.1) is 11.8 Å². The molecule has 3 aromatic rings. The Bertz CT molecular complexity index is 954. The van der Waals surface area contributed by atoms with Gasteiger partial charge in [-0.1, -0.05) is 18.2 Å². The number of aromatic nitrogens is 1. The molecule has 9 heteroatoms. The topological polar surface area (TPSA) is 64.4 Å². The van der Waals surface area contributed by atoms with E-state index in [0.717, 1.165) is 12.1 Å². The predicted molar refractivity (Wildman–Crippen MR) is 95.1 cm³/mol. The Kier molecular flexibility index (Phi) is 6.48. The third-order valence-electron chi connectivity index (χ3n) is 3.97. The second-order valence-electron chi connectivity index (χ2n) is 6.01. The molecule has 0 spiro atoms. The summed E-state index contributed by atoms with van der Waals surface area (Å²) in [6.07, 6.45) is 1.40. The van der Waals surface area contributed by atoms with Gasteiger partial charge in [-0.15, -0.1) is 0 Å². The summed E-state index contributed by atoms with van der Waals surface area (Å²) in [5.74, 6) is -1.69. The quantitative estimate of drug-likeness (QED) is 0.559. The first-order valence-electron chi connectivity index (χ1n) is 8.62. The number of halogens is 4. The highest BCUT2D eigenvalue weighted by Gasteiger charge is 2.16. The second-order valence-corrected chi connectivity index (χ2v) is 6.01. The summed E-state index contributed by atoms with van der Waals surface area (Å²) in [5, 5.41) is 2.67. The largest absolute Gasteiger partial charge is 0.441 e. The molecule has 0 radical (unpaired) electrons. The first-order valence-corrected chi connectivity index (χ1v) is 8.62. The summed E-state index contributed by atoms with van der Waals surface area (Å²) in [7, 11) is 0. The lowest BCUT2D eigenvalue weighted by molar-refractivity contribution is -0.121. The van der Waals surface area contributed by atoms with E-state index < -0.39 is 18.2 Å². The molecule has 0 aliphatic heterocycles. The van der Waals surface area contributed by atoms with E-state index in [1.807, 2.05) is 0 Å². The van der Waals surface area contributed by atoms with Gasteiger partial charge >= 0.3 is 6.61 Å². The number of nitrogens with one attached hydrogen (secondary N) is 1. The van der Waals surface area contributed by atoms with Crippen molar-refractivity contribution >= 4 is 5.91 Å². The van der Waals surface area contributed by atoms with Crippen LogP contribution < -0.4 is 10.1 Å². The number of carbonyl (C=O) groups is 1. The van der Waals surface area contributed by atoms with Gasteiger partial charge in [0, 0.05) is 19.4 Å². The van der Waals surface area contributed by atoms with Crippen LogP contribution in [0.3, 0.4) is 0 Å². The Morgan fingerprint density at radius 3 is 2.45 bits per heavy atom. The molecule has 0 atom stereocenters. The van der Waals surface area contributed by atoms with Gasteiger partial charge in [-0.05, 0) is 29.8 Å². The monoisotopic (exact) mass is 408 g/mol. The standard InChI is InChI=1S/C20H16F4N2O3/c21-14-2-1-3-15(22)19(14)16-11-26-18(29-16)9-8-17(27)25-10-12-4-6-13(7-5-12)28-20(23)24/h1-7,11,20H,8-10H2,(H,25,27). The van der Waals surface area contributed by atoms with Crippen LogP contribution in [0.1, 0.15) is 17.9 Å². The molecule has 152 valence electrons. The van der Waals surface area contributed by atoms with Crippen molar-refractivity contribution in [1.82, 2.24) is 10.3 Å². The van der Waals surface area contributed by atoms with Gasteiger partial charge in [-0.3, -0.25) is 4.79 Å². The minimum Gasteiger partial charge on any atom is -0.441 e. The lowest BCUT2D eigenvalue weighted by Crippen LogP contribution is -2.23. The predicted octanol–water partition coefficient (Wildman–Crippen LogP) is 4.47. The molecule has 0 fully saturated rings. The summed E-state index contributed by atoms with van der Waals surface area (Å²) >= 11 is 0. The third kappa shape index (κ3) is 5.56. The maximum atomic E-state index is 13.8. The van der Waals surface area contributed by atoms with E-state index in [-0.39, 0.29) is 48.3 Å². The number of rotatable bonds is 8. The Labute approximate surface area is 163 Å². The van der Waals surface area contributed by atoms with E-state index in [9.17, 15) is 22.4 Å². The molecule has 29 heavy (non-hydrogen) atoms. The zero-order valence-corrected chi connectivity index (χ0v) is 15.0. The van der Waals surface area contributed by atoms with Crippen LogP contribution in [0.4, 0.5) is 17.6 Å². The van der Waals surface area contributed by atoms with Crippen molar-refractivity contribution < 1.29 is 31.5 Å². The highest BCUT2D eigenvalue weighted by atomic mass is 19.3. The first-order chi connectivity index (χ1) is 13.9. The van der Waals surface area contributed by atoms with Gasteiger partial charge < -0.3 is 14.5 Å². The number of benzene rings is 2. The number of amides is 1. The molecule has 1 N–H and O–H groups in total. The van der Waals surface area contributed by atoms with Crippen LogP contribution in [0.15, 0.2) is 53.1 Å². The fraction of sp³-hybridized carbons (Fsp3) is 0.200. The number of aryl methyl sites for hydroxylation is 1. The summed E-state index contributed by atoms with van der Waals surface area (Å²) in [5.41, 5.74) is 0.392. The van der Waals surface area contributed by atoms with Crippen molar-refractivity contribution in [2.75, 3.05) is 0 Å². The van der Waals surface area contributed by atoms with Gasteiger partial charge in [0.1, 0.15) is 17.4 Å². The molecule has 0 aliphatic rings. The Balaban J connectivity index is 1.49. The highest BCUT2D eigenvalue weighted by Crippen LogP contribution is 2.26. The van der Waals surface area contributed by atoms with Crippen molar-refractivity contribution in [3.05, 3.63) is 71.8 Å². The number of ether oxygens (including phenoxy) is 1. The van der Waals surface area contributed by atoms with E-state index in [4.69, 9.17) is 4.42 Å². The summed E-state index contributed by atoms with van der Waals surface area (Å²) in [4.78, 5) is 15.9. The van der Waals surface area contributed by atoms with Gasteiger partial charge in [-0.25, -0.2) is 13.8 Å². The van der Waals surface area contributed by atoms with Crippen molar-refractivity contribution in [3.8, 4) is 17.1 Å². The first kappa shape index (κ1) is 20.4. The number of hydrogen-bond donors (Lipinski definition) is 1. The molecule has 0 saturated heterocycles. The zero-order valence-electron chi connectivity index (χ0n) is 15.0. The average Bonchev–Trinajstić information content (AvgIpc) is 3.14. The maximum Gasteiger partial charge on any atom is 0.387 e. The molecule has 0 bridgehead atoms. The Morgan fingerprint density at radius 2 is 1.79 bits per heavy atom. The van der Waals surface area contributed by atoms with Gasteiger partial charge in [-0.2, -0.15) is 8.78 Å². The van der Waals surface area contributed by atoms with E-state index in [1.165, 1.54) is 24.4 Å². The number of nitrogens with zero attached hydrogens (tertiary/aromatic N) is 1. The van der Waals surface area contributed by atoms with Crippen molar-refractivity contribution in [2.24, 2.45) is 0 Å². The van der Waals surface area contributed by atoms with Crippen molar-refractivity contribution in [3.63, 3.8) is 0 Å². The van der Waals surface area contributed by atoms with E-state index in [0.29, 0.717) is 5.56 Å². The number of hydrogen-bond acceptors (Lipinski definition) is 4. The van der Waals surface area contributed by atoms with Gasteiger partial charge in [0.2, 0.25) is 5.91 Å². The SMILES string of the molecule is O=C(CCc1ncc(-c2c(F)cccc2F)o1)NCc1ccc(OC(F)F)cc1. The van der Waals surface area contributed by atoms with Crippen LogP contribution in [0.25, 0.3) is 11.3 Å². The van der Waals surface area contributed by atoms with Crippen LogP contribution in [-0.2, 0) is 17.8 Å². The molecule has 1 aromatic heterocycles. The molecule has 0 aliphatic carbocycles. The fourth-order valence-corrected chi connectivity index (χ4v) is 2.57. The molecule has 1 amide bonds. The smallest absolute Gasteiger partial charge is 0.387 e. The molecule has 0 unspecified atom stereocenters. The van der Waals surface area contributed by atoms with Crippen LogP contribution in [0.5, 0.6) is 5.75 Å². The van der Waals surface area contributed by atoms with Crippen molar-refractivity contribution in [2.45, 2.75) is 26.0 Å². The van der Waals surface area contributed by atoms with Crippen LogP contribution in [0, 0.1) is 11.6 Å². The lowest BCUT2D eigenvalue weighted by Gasteiger charge is -2.07. The number of oxazole rings is 1. The van der Waals surface area contributed by atoms with Crippen LogP contribution in [0.2, 0.25) is 0 Å².